The van der Waals surface area contributed by atoms with Crippen LogP contribution in [0.3, 0.4) is 0 Å². The van der Waals surface area contributed by atoms with Gasteiger partial charge in [-0.3, -0.25) is 0 Å². The number of ether oxygens (including phenoxy) is 4. The molecule has 0 aliphatic carbocycles. The Labute approximate surface area is 170 Å². The van der Waals surface area contributed by atoms with Crippen LogP contribution in [-0.4, -0.2) is 56.1 Å². The molecule has 0 amide bonds. The number of rotatable bonds is 5. The van der Waals surface area contributed by atoms with Crippen molar-refractivity contribution in [3.63, 3.8) is 0 Å². The topological polar surface area (TPSA) is 57.2 Å². The fourth-order valence-corrected chi connectivity index (χ4v) is 3.25. The largest absolute Gasteiger partial charge is 0.487 e. The van der Waals surface area contributed by atoms with Crippen LogP contribution in [0.1, 0.15) is 54.4 Å². The highest BCUT2D eigenvalue weighted by Crippen LogP contribution is 2.38. The number of aliphatic hydroxyl groups is 1. The zero-order valence-electron chi connectivity index (χ0n) is 17.9. The summed E-state index contributed by atoms with van der Waals surface area (Å²) in [5.41, 5.74) is 0.714. The minimum Gasteiger partial charge on any atom is -0.487 e. The number of thiol groups is 1. The monoisotopic (exact) mass is 402 g/mol. The average Bonchev–Trinajstić information content (AvgIpc) is 2.63. The maximum absolute atomic E-state index is 10.9. The summed E-state index contributed by atoms with van der Waals surface area (Å²) < 4.78 is 23.5. The Morgan fingerprint density at radius 1 is 0.889 bits per heavy atom. The lowest BCUT2D eigenvalue weighted by molar-refractivity contribution is -0.00283. The van der Waals surface area contributed by atoms with E-state index in [1.807, 2.05) is 13.8 Å². The molecule has 158 valence electrons. The third kappa shape index (κ3) is 7.00. The van der Waals surface area contributed by atoms with Gasteiger partial charge in [0, 0.05) is 11.3 Å². The van der Waals surface area contributed by atoms with Gasteiger partial charge in [-0.05, 0) is 37.7 Å². The summed E-state index contributed by atoms with van der Waals surface area (Å²) in [6, 6.07) is 0. The molecule has 1 fully saturated rings. The SMILES string of the molecule is CCC(C)(O)/C(C)=C1\OCCOCCOCCO\C1=C(\CS)C(C)(C)CC. The highest BCUT2D eigenvalue weighted by molar-refractivity contribution is 7.80. The maximum Gasteiger partial charge on any atom is 0.163 e. The van der Waals surface area contributed by atoms with E-state index >= 15 is 0 Å². The van der Waals surface area contributed by atoms with E-state index in [9.17, 15) is 5.11 Å². The van der Waals surface area contributed by atoms with Crippen molar-refractivity contribution in [2.75, 3.05) is 45.4 Å². The lowest BCUT2D eigenvalue weighted by atomic mass is 9.80. The molecule has 27 heavy (non-hydrogen) atoms. The van der Waals surface area contributed by atoms with E-state index in [0.29, 0.717) is 63.3 Å². The van der Waals surface area contributed by atoms with Crippen LogP contribution in [0.25, 0.3) is 0 Å². The lowest BCUT2D eigenvalue weighted by Gasteiger charge is -2.32. The van der Waals surface area contributed by atoms with E-state index < -0.39 is 5.60 Å². The minimum atomic E-state index is -0.990. The molecule has 0 saturated carbocycles. The zero-order chi connectivity index (χ0) is 20.5. The first-order chi connectivity index (χ1) is 12.7. The summed E-state index contributed by atoms with van der Waals surface area (Å²) in [4.78, 5) is 0. The van der Waals surface area contributed by atoms with Gasteiger partial charge in [0.05, 0.1) is 32.0 Å². The summed E-state index contributed by atoms with van der Waals surface area (Å²) in [6.07, 6.45) is 1.51. The Morgan fingerprint density at radius 2 is 1.37 bits per heavy atom. The Bertz CT molecular complexity index is 523. The van der Waals surface area contributed by atoms with Crippen LogP contribution in [0.5, 0.6) is 0 Å². The molecule has 1 unspecified atom stereocenters. The fourth-order valence-electron chi connectivity index (χ4n) is 2.68. The average molecular weight is 403 g/mol. The van der Waals surface area contributed by atoms with E-state index in [2.05, 4.69) is 33.4 Å². The van der Waals surface area contributed by atoms with Crippen LogP contribution in [0.4, 0.5) is 0 Å². The normalized spacial score (nSPS) is 23.9. The van der Waals surface area contributed by atoms with Crippen molar-refractivity contribution in [2.45, 2.75) is 60.0 Å². The van der Waals surface area contributed by atoms with Crippen molar-refractivity contribution in [3.05, 3.63) is 22.7 Å². The molecule has 1 atom stereocenters. The summed E-state index contributed by atoms with van der Waals surface area (Å²) >= 11 is 4.59. The van der Waals surface area contributed by atoms with E-state index in [4.69, 9.17) is 18.9 Å². The van der Waals surface area contributed by atoms with Gasteiger partial charge in [-0.2, -0.15) is 12.6 Å². The Balaban J connectivity index is 3.52. The summed E-state index contributed by atoms with van der Waals surface area (Å²) in [6.45, 7) is 14.9. The highest BCUT2D eigenvalue weighted by Gasteiger charge is 2.32. The van der Waals surface area contributed by atoms with Crippen molar-refractivity contribution in [2.24, 2.45) is 5.41 Å². The zero-order valence-corrected chi connectivity index (χ0v) is 18.8. The quantitative estimate of drug-likeness (QED) is 0.678. The third-order valence-corrected chi connectivity index (χ3v) is 5.81. The van der Waals surface area contributed by atoms with Gasteiger partial charge in [-0.15, -0.1) is 0 Å². The predicted octanol–water partition coefficient (Wildman–Crippen LogP) is 4.12. The Morgan fingerprint density at radius 3 is 1.81 bits per heavy atom. The van der Waals surface area contributed by atoms with Crippen molar-refractivity contribution < 1.29 is 24.1 Å². The van der Waals surface area contributed by atoms with Gasteiger partial charge in [0.25, 0.3) is 0 Å². The first kappa shape index (κ1) is 24.3. The second-order valence-electron chi connectivity index (χ2n) is 7.71. The minimum absolute atomic E-state index is 0.113. The molecule has 0 bridgehead atoms. The molecule has 5 nitrogen and oxygen atoms in total. The Hall–Kier alpha value is -0.690. The Kier molecular flexibility index (Phi) is 10.2. The molecular formula is C21H38O5S. The molecule has 1 aliphatic rings. The first-order valence-corrected chi connectivity index (χ1v) is 10.5. The van der Waals surface area contributed by atoms with Crippen LogP contribution in [0.15, 0.2) is 22.7 Å². The summed E-state index contributed by atoms with van der Waals surface area (Å²) in [7, 11) is 0. The van der Waals surface area contributed by atoms with Gasteiger partial charge < -0.3 is 24.1 Å². The number of hydrogen-bond acceptors (Lipinski definition) is 6. The second-order valence-corrected chi connectivity index (χ2v) is 8.02. The van der Waals surface area contributed by atoms with Crippen molar-refractivity contribution in [3.8, 4) is 0 Å². The fraction of sp³-hybridized carbons (Fsp3) is 0.810. The van der Waals surface area contributed by atoms with Crippen LogP contribution in [0, 0.1) is 5.41 Å². The molecule has 1 rings (SSSR count). The van der Waals surface area contributed by atoms with Crippen molar-refractivity contribution >= 4 is 12.6 Å². The summed E-state index contributed by atoms with van der Waals surface area (Å²) in [5, 5.41) is 10.9. The van der Waals surface area contributed by atoms with Gasteiger partial charge in [-0.1, -0.05) is 27.7 Å². The van der Waals surface area contributed by atoms with E-state index in [0.717, 1.165) is 17.6 Å². The molecule has 0 aromatic heterocycles. The standard InChI is InChI=1S/C21H38O5S/c1-7-20(4,5)17(15-27)19-18(16(3)21(6,22)8-2)25-13-11-23-9-10-24-12-14-26-19/h22,27H,7-15H2,1-6H3/b18-16-,19-17-. The van der Waals surface area contributed by atoms with Crippen LogP contribution >= 0.6 is 12.6 Å². The van der Waals surface area contributed by atoms with Gasteiger partial charge in [0.1, 0.15) is 13.2 Å². The molecule has 1 heterocycles. The molecule has 0 aromatic carbocycles. The van der Waals surface area contributed by atoms with Crippen LogP contribution in [0.2, 0.25) is 0 Å². The summed E-state index contributed by atoms with van der Waals surface area (Å²) in [5.74, 6) is 1.81. The van der Waals surface area contributed by atoms with Gasteiger partial charge >= 0.3 is 0 Å². The molecule has 0 spiro atoms. The third-order valence-electron chi connectivity index (χ3n) is 5.50. The van der Waals surface area contributed by atoms with E-state index in [1.54, 1.807) is 6.92 Å². The van der Waals surface area contributed by atoms with Gasteiger partial charge in [0.15, 0.2) is 11.5 Å². The van der Waals surface area contributed by atoms with Crippen molar-refractivity contribution in [1.29, 1.82) is 0 Å². The molecule has 1 N–H and O–H groups in total. The highest BCUT2D eigenvalue weighted by atomic mass is 32.1. The maximum atomic E-state index is 10.9. The van der Waals surface area contributed by atoms with Gasteiger partial charge in [-0.25, -0.2) is 0 Å². The molecule has 0 aromatic rings. The molecule has 0 radical (unpaired) electrons. The predicted molar refractivity (Wildman–Crippen MR) is 112 cm³/mol. The molecule has 6 heteroatoms. The second kappa shape index (κ2) is 11.3. The molecule has 1 aliphatic heterocycles. The first-order valence-electron chi connectivity index (χ1n) is 9.91. The number of hydrogen-bond donors (Lipinski definition) is 2. The molecule has 1 saturated heterocycles. The lowest BCUT2D eigenvalue weighted by Crippen LogP contribution is -2.29. The van der Waals surface area contributed by atoms with E-state index in [-0.39, 0.29) is 5.41 Å². The van der Waals surface area contributed by atoms with Gasteiger partial charge in [0.2, 0.25) is 0 Å². The smallest absolute Gasteiger partial charge is 0.163 e. The van der Waals surface area contributed by atoms with Crippen LogP contribution in [-0.2, 0) is 18.9 Å². The van der Waals surface area contributed by atoms with Crippen molar-refractivity contribution in [1.82, 2.24) is 0 Å². The van der Waals surface area contributed by atoms with Crippen LogP contribution < -0.4 is 0 Å². The van der Waals surface area contributed by atoms with E-state index in [1.165, 1.54) is 0 Å². The molecular weight excluding hydrogens is 364 g/mol.